The molecule has 2 N–H and O–H groups in total. The van der Waals surface area contributed by atoms with Crippen LogP contribution in [-0.4, -0.2) is 43.9 Å². The number of carboxylic acid groups (broad SMARTS) is 1. The minimum absolute atomic E-state index is 0.183. The van der Waals surface area contributed by atoms with Gasteiger partial charge in [-0.25, -0.2) is 4.72 Å². The number of carboxylic acids is 1. The fourth-order valence-corrected chi connectivity index (χ4v) is 1.70. The van der Waals surface area contributed by atoms with Crippen LogP contribution in [0.1, 0.15) is 13.8 Å². The Balaban J connectivity index is 4.24. The number of carbonyl (C=O) groups is 1. The topological polar surface area (TPSA) is 86.7 Å². The Bertz CT molecular complexity index is 286. The van der Waals surface area contributed by atoms with Crippen LogP contribution < -0.4 is 4.72 Å². The molecule has 14 heavy (non-hydrogen) atoms. The third-order valence-electron chi connectivity index (χ3n) is 1.44. The summed E-state index contributed by atoms with van der Waals surface area (Å²) in [4.78, 5) is 10.3. The molecule has 0 rings (SSSR count). The molecule has 0 aliphatic heterocycles. The maximum atomic E-state index is 11.3. The maximum absolute atomic E-state index is 11.3. The molecule has 0 unspecified atom stereocenters. The van der Waals surface area contributed by atoms with Gasteiger partial charge in [0.25, 0.3) is 10.2 Å². The van der Waals surface area contributed by atoms with Gasteiger partial charge in [-0.15, -0.1) is 0 Å². The van der Waals surface area contributed by atoms with E-state index in [-0.39, 0.29) is 5.92 Å². The van der Waals surface area contributed by atoms with Gasteiger partial charge in [0.1, 0.15) is 6.54 Å². The van der Waals surface area contributed by atoms with Crippen molar-refractivity contribution in [3.8, 4) is 0 Å². The molecule has 0 spiro atoms. The Hall–Kier alpha value is -0.660. The number of nitrogens with zero attached hydrogens (tertiary/aromatic N) is 1. The largest absolute Gasteiger partial charge is 0.480 e. The van der Waals surface area contributed by atoms with E-state index >= 15 is 0 Å². The summed E-state index contributed by atoms with van der Waals surface area (Å²) in [7, 11) is -2.43. The Kier molecular flexibility index (Phi) is 5.03. The Morgan fingerprint density at radius 3 is 2.36 bits per heavy atom. The van der Waals surface area contributed by atoms with Crippen LogP contribution in [0, 0.1) is 5.92 Å². The number of nitrogens with one attached hydrogen (secondary N) is 1. The lowest BCUT2D eigenvalue weighted by molar-refractivity contribution is -0.137. The molecule has 0 radical (unpaired) electrons. The normalized spacial score (nSPS) is 12.4. The van der Waals surface area contributed by atoms with Gasteiger partial charge in [-0.2, -0.15) is 12.7 Å². The number of aliphatic carboxylic acids is 1. The summed E-state index contributed by atoms with van der Waals surface area (Å²) in [6.45, 7) is 3.49. The molecule has 0 heterocycles. The molecule has 0 saturated carbocycles. The highest BCUT2D eigenvalue weighted by Gasteiger charge is 2.19. The van der Waals surface area contributed by atoms with Crippen LogP contribution in [0.5, 0.6) is 0 Å². The van der Waals surface area contributed by atoms with Crippen molar-refractivity contribution in [2.75, 3.05) is 20.1 Å². The van der Waals surface area contributed by atoms with E-state index in [2.05, 4.69) is 4.72 Å². The molecule has 0 aromatic heterocycles. The van der Waals surface area contributed by atoms with Crippen molar-refractivity contribution < 1.29 is 18.3 Å². The van der Waals surface area contributed by atoms with Gasteiger partial charge >= 0.3 is 5.97 Å². The third-order valence-corrected chi connectivity index (χ3v) is 2.92. The van der Waals surface area contributed by atoms with Crippen LogP contribution in [0.4, 0.5) is 0 Å². The van der Waals surface area contributed by atoms with Gasteiger partial charge in [0.05, 0.1) is 0 Å². The van der Waals surface area contributed by atoms with Crippen LogP contribution >= 0.6 is 0 Å². The predicted octanol–water partition coefficient (Wildman–Crippen LogP) is -0.507. The fraction of sp³-hybridized carbons (Fsp3) is 0.857. The summed E-state index contributed by atoms with van der Waals surface area (Å²) >= 11 is 0. The van der Waals surface area contributed by atoms with E-state index < -0.39 is 22.7 Å². The van der Waals surface area contributed by atoms with Crippen LogP contribution in [-0.2, 0) is 15.0 Å². The van der Waals surface area contributed by atoms with Crippen molar-refractivity contribution in [2.45, 2.75) is 13.8 Å². The van der Waals surface area contributed by atoms with Gasteiger partial charge in [-0.05, 0) is 5.92 Å². The van der Waals surface area contributed by atoms with E-state index in [0.29, 0.717) is 6.54 Å². The van der Waals surface area contributed by atoms with Crippen molar-refractivity contribution >= 4 is 16.2 Å². The molecule has 0 fully saturated rings. The van der Waals surface area contributed by atoms with Crippen LogP contribution in [0.15, 0.2) is 0 Å². The highest BCUT2D eigenvalue weighted by atomic mass is 32.2. The second-order valence-corrected chi connectivity index (χ2v) is 5.26. The molecule has 0 amide bonds. The van der Waals surface area contributed by atoms with Crippen LogP contribution in [0.25, 0.3) is 0 Å². The number of hydrogen-bond acceptors (Lipinski definition) is 3. The second-order valence-electron chi connectivity index (χ2n) is 3.40. The first kappa shape index (κ1) is 13.3. The van der Waals surface area contributed by atoms with E-state index in [4.69, 9.17) is 5.11 Å². The average Bonchev–Trinajstić information content (AvgIpc) is 1.99. The summed E-state index contributed by atoms with van der Waals surface area (Å²) in [5.41, 5.74) is 0. The number of rotatable bonds is 6. The van der Waals surface area contributed by atoms with E-state index in [1.165, 1.54) is 7.05 Å². The zero-order chi connectivity index (χ0) is 11.4. The first-order valence-corrected chi connectivity index (χ1v) is 5.62. The lowest BCUT2D eigenvalue weighted by Crippen LogP contribution is -2.42. The first-order valence-electron chi connectivity index (χ1n) is 4.18. The van der Waals surface area contributed by atoms with Gasteiger partial charge < -0.3 is 5.11 Å². The van der Waals surface area contributed by atoms with Gasteiger partial charge in [0.15, 0.2) is 0 Å². The predicted molar refractivity (Wildman–Crippen MR) is 52.0 cm³/mol. The Morgan fingerprint density at radius 2 is 2.00 bits per heavy atom. The van der Waals surface area contributed by atoms with Crippen LogP contribution in [0.3, 0.4) is 0 Å². The van der Waals surface area contributed by atoms with Crippen molar-refractivity contribution in [2.24, 2.45) is 5.92 Å². The Morgan fingerprint density at radius 1 is 1.50 bits per heavy atom. The maximum Gasteiger partial charge on any atom is 0.318 e. The van der Waals surface area contributed by atoms with Gasteiger partial charge in [0, 0.05) is 13.6 Å². The smallest absolute Gasteiger partial charge is 0.318 e. The zero-order valence-electron chi connectivity index (χ0n) is 8.52. The molecule has 7 heteroatoms. The highest BCUT2D eigenvalue weighted by molar-refractivity contribution is 7.87. The molecule has 0 aromatic rings. The standard InChI is InChI=1S/C7H16N2O4S/c1-6(2)4-8-14(12,13)9(3)5-7(10)11/h6,8H,4-5H2,1-3H3,(H,10,11). The molecule has 0 saturated heterocycles. The molecule has 84 valence electrons. The van der Waals surface area contributed by atoms with Crippen molar-refractivity contribution in [1.82, 2.24) is 9.03 Å². The lowest BCUT2D eigenvalue weighted by Gasteiger charge is -2.16. The molecule has 0 atom stereocenters. The van der Waals surface area contributed by atoms with Crippen molar-refractivity contribution in [3.63, 3.8) is 0 Å². The monoisotopic (exact) mass is 224 g/mol. The molecular formula is C7H16N2O4S. The molecule has 0 aromatic carbocycles. The van der Waals surface area contributed by atoms with Crippen LogP contribution in [0.2, 0.25) is 0 Å². The molecule has 0 aliphatic rings. The van der Waals surface area contributed by atoms with E-state index in [1.807, 2.05) is 13.8 Å². The third kappa shape index (κ3) is 5.15. The summed E-state index contributed by atoms with van der Waals surface area (Å²) in [6.07, 6.45) is 0. The van der Waals surface area contributed by atoms with E-state index in [1.54, 1.807) is 0 Å². The molecule has 0 aliphatic carbocycles. The van der Waals surface area contributed by atoms with E-state index in [9.17, 15) is 13.2 Å². The Labute approximate surface area is 84.1 Å². The number of likely N-dealkylation sites (N-methyl/N-ethyl adjacent to an activating group) is 1. The zero-order valence-corrected chi connectivity index (χ0v) is 9.34. The second kappa shape index (κ2) is 5.28. The van der Waals surface area contributed by atoms with Crippen molar-refractivity contribution in [1.29, 1.82) is 0 Å². The molecular weight excluding hydrogens is 208 g/mol. The first-order chi connectivity index (χ1) is 6.25. The molecule has 0 bridgehead atoms. The van der Waals surface area contributed by atoms with Gasteiger partial charge in [-0.1, -0.05) is 13.8 Å². The fourth-order valence-electron chi connectivity index (χ4n) is 0.658. The van der Waals surface area contributed by atoms with Crippen molar-refractivity contribution in [3.05, 3.63) is 0 Å². The van der Waals surface area contributed by atoms with Gasteiger partial charge in [-0.3, -0.25) is 4.79 Å². The minimum atomic E-state index is -3.65. The average molecular weight is 224 g/mol. The summed E-state index contributed by atoms with van der Waals surface area (Å²) < 4.78 is 25.7. The summed E-state index contributed by atoms with van der Waals surface area (Å²) in [6, 6.07) is 0. The quantitative estimate of drug-likeness (QED) is 0.636. The molecule has 6 nitrogen and oxygen atoms in total. The van der Waals surface area contributed by atoms with Gasteiger partial charge in [0.2, 0.25) is 0 Å². The number of hydrogen-bond donors (Lipinski definition) is 2. The summed E-state index contributed by atoms with van der Waals surface area (Å²) in [5.74, 6) is -0.995. The minimum Gasteiger partial charge on any atom is -0.480 e. The summed E-state index contributed by atoms with van der Waals surface area (Å²) in [5, 5.41) is 8.39. The lowest BCUT2D eigenvalue weighted by atomic mass is 10.2. The SMILES string of the molecule is CC(C)CNS(=O)(=O)N(C)CC(=O)O. The van der Waals surface area contributed by atoms with E-state index in [0.717, 1.165) is 4.31 Å². The highest BCUT2D eigenvalue weighted by Crippen LogP contribution is 1.95.